The highest BCUT2D eigenvalue weighted by Crippen LogP contribution is 2.26. The van der Waals surface area contributed by atoms with Gasteiger partial charge in [0, 0.05) is 31.7 Å². The van der Waals surface area contributed by atoms with Gasteiger partial charge in [0.1, 0.15) is 11.6 Å². The van der Waals surface area contributed by atoms with Crippen molar-refractivity contribution in [1.29, 1.82) is 0 Å². The molecule has 1 aliphatic rings. The van der Waals surface area contributed by atoms with E-state index in [9.17, 15) is 9.18 Å². The summed E-state index contributed by atoms with van der Waals surface area (Å²) in [6.45, 7) is 1.32. The van der Waals surface area contributed by atoms with Crippen LogP contribution in [-0.2, 0) is 6.42 Å². The molecule has 1 fully saturated rings. The molecule has 6 nitrogen and oxygen atoms in total. The predicted molar refractivity (Wildman–Crippen MR) is 113 cm³/mol. The normalized spacial score (nSPS) is 14.5. The molecule has 0 unspecified atom stereocenters. The monoisotopic (exact) mass is 425 g/mol. The second-order valence-electron chi connectivity index (χ2n) is 7.31. The van der Waals surface area contributed by atoms with Crippen LogP contribution >= 0.6 is 11.6 Å². The van der Waals surface area contributed by atoms with E-state index < -0.39 is 0 Å². The molecule has 1 N–H and O–H groups in total. The summed E-state index contributed by atoms with van der Waals surface area (Å²) in [5, 5.41) is 3.29. The van der Waals surface area contributed by atoms with Crippen molar-refractivity contribution in [3.8, 4) is 0 Å². The third-order valence-electron chi connectivity index (χ3n) is 5.23. The fourth-order valence-electron chi connectivity index (χ4n) is 3.61. The highest BCUT2D eigenvalue weighted by Gasteiger charge is 2.25. The Labute approximate surface area is 179 Å². The number of carbonyl (C=O) groups excluding carboxylic acids is 1. The van der Waals surface area contributed by atoms with Gasteiger partial charge < -0.3 is 10.2 Å². The van der Waals surface area contributed by atoms with Gasteiger partial charge in [-0.3, -0.25) is 4.79 Å². The van der Waals surface area contributed by atoms with Gasteiger partial charge in [0.25, 0.3) is 5.91 Å². The van der Waals surface area contributed by atoms with Crippen LogP contribution in [0.15, 0.2) is 55.0 Å². The molecule has 2 aromatic heterocycles. The Morgan fingerprint density at radius 3 is 2.53 bits per heavy atom. The summed E-state index contributed by atoms with van der Waals surface area (Å²) in [5.41, 5.74) is 1.53. The lowest BCUT2D eigenvalue weighted by Crippen LogP contribution is -2.39. The molecule has 30 heavy (non-hydrogen) atoms. The van der Waals surface area contributed by atoms with Gasteiger partial charge in [0.05, 0.1) is 10.6 Å². The van der Waals surface area contributed by atoms with Crippen molar-refractivity contribution >= 4 is 29.3 Å². The number of nitrogens with one attached hydrogen (secondary N) is 1. The zero-order chi connectivity index (χ0) is 20.9. The lowest BCUT2D eigenvalue weighted by molar-refractivity contribution is 0.0690. The second kappa shape index (κ2) is 9.17. The number of carbonyl (C=O) groups is 1. The molecule has 0 bridgehead atoms. The van der Waals surface area contributed by atoms with Crippen molar-refractivity contribution in [2.75, 3.05) is 18.4 Å². The smallest absolute Gasteiger partial charge is 0.255 e. The number of benzene rings is 1. The van der Waals surface area contributed by atoms with E-state index in [1.165, 1.54) is 18.3 Å². The number of halogens is 2. The van der Waals surface area contributed by atoms with Crippen molar-refractivity contribution in [3.05, 3.63) is 77.0 Å². The standard InChI is InChI=1S/C22H21ClFN5O/c23-19-14-27-20(28-22-25-8-1-9-26-22)13-18(19)21(30)29-10-6-16(7-11-29)12-15-2-4-17(24)5-3-15/h1-5,8-9,13-14,16H,6-7,10-12H2,(H,25,26,27,28). The summed E-state index contributed by atoms with van der Waals surface area (Å²) < 4.78 is 13.1. The molecule has 154 valence electrons. The van der Waals surface area contributed by atoms with Crippen LogP contribution in [0.2, 0.25) is 5.02 Å². The number of hydrogen-bond acceptors (Lipinski definition) is 5. The molecule has 0 radical (unpaired) electrons. The van der Waals surface area contributed by atoms with E-state index in [-0.39, 0.29) is 11.7 Å². The van der Waals surface area contributed by atoms with Crippen molar-refractivity contribution in [1.82, 2.24) is 19.9 Å². The first-order valence-corrected chi connectivity index (χ1v) is 10.2. The SMILES string of the molecule is O=C(c1cc(Nc2ncccn2)ncc1Cl)N1CCC(Cc2ccc(F)cc2)CC1. The molecule has 0 spiro atoms. The number of hydrogen-bond donors (Lipinski definition) is 1. The fraction of sp³-hybridized carbons (Fsp3) is 0.273. The molecule has 0 aliphatic carbocycles. The Morgan fingerprint density at radius 1 is 1.13 bits per heavy atom. The first-order chi connectivity index (χ1) is 14.6. The molecular formula is C22H21ClFN5O. The van der Waals surface area contributed by atoms with Crippen LogP contribution in [0.25, 0.3) is 0 Å². The van der Waals surface area contributed by atoms with Gasteiger partial charge in [0.2, 0.25) is 5.95 Å². The summed E-state index contributed by atoms with van der Waals surface area (Å²) in [4.78, 5) is 27.3. The van der Waals surface area contributed by atoms with E-state index in [0.717, 1.165) is 24.8 Å². The van der Waals surface area contributed by atoms with Crippen molar-refractivity contribution in [2.24, 2.45) is 5.92 Å². The molecule has 4 rings (SSSR count). The topological polar surface area (TPSA) is 71.0 Å². The van der Waals surface area contributed by atoms with Crippen LogP contribution in [0.4, 0.5) is 16.2 Å². The van der Waals surface area contributed by atoms with Crippen LogP contribution < -0.4 is 5.32 Å². The van der Waals surface area contributed by atoms with E-state index in [0.29, 0.717) is 41.4 Å². The van der Waals surface area contributed by atoms with Crippen LogP contribution in [0.3, 0.4) is 0 Å². The first-order valence-electron chi connectivity index (χ1n) is 9.82. The highest BCUT2D eigenvalue weighted by atomic mass is 35.5. The van der Waals surface area contributed by atoms with Gasteiger partial charge in [-0.05, 0) is 55.0 Å². The maximum absolute atomic E-state index is 13.1. The minimum atomic E-state index is -0.221. The molecule has 3 aromatic rings. The van der Waals surface area contributed by atoms with Crippen molar-refractivity contribution in [2.45, 2.75) is 19.3 Å². The van der Waals surface area contributed by atoms with Crippen LogP contribution in [0.1, 0.15) is 28.8 Å². The van der Waals surface area contributed by atoms with E-state index >= 15 is 0 Å². The Balaban J connectivity index is 1.38. The summed E-state index contributed by atoms with van der Waals surface area (Å²) in [6, 6.07) is 9.99. The molecular weight excluding hydrogens is 405 g/mol. The van der Waals surface area contributed by atoms with Crippen molar-refractivity contribution in [3.63, 3.8) is 0 Å². The Bertz CT molecular complexity index is 1010. The maximum atomic E-state index is 13.1. The number of anilines is 2. The molecule has 1 saturated heterocycles. The lowest BCUT2D eigenvalue weighted by Gasteiger charge is -2.32. The van der Waals surface area contributed by atoms with E-state index in [1.54, 1.807) is 24.5 Å². The van der Waals surface area contributed by atoms with Gasteiger partial charge in [0.15, 0.2) is 0 Å². The number of likely N-dealkylation sites (tertiary alicyclic amines) is 1. The largest absolute Gasteiger partial charge is 0.339 e. The highest BCUT2D eigenvalue weighted by molar-refractivity contribution is 6.33. The van der Waals surface area contributed by atoms with Gasteiger partial charge >= 0.3 is 0 Å². The summed E-state index contributed by atoms with van der Waals surface area (Å²) in [5.74, 6) is 0.994. The van der Waals surface area contributed by atoms with Gasteiger partial charge in [-0.2, -0.15) is 0 Å². The third-order valence-corrected chi connectivity index (χ3v) is 5.53. The first kappa shape index (κ1) is 20.2. The number of nitrogens with zero attached hydrogens (tertiary/aromatic N) is 4. The number of rotatable bonds is 5. The maximum Gasteiger partial charge on any atom is 0.255 e. The quantitative estimate of drug-likeness (QED) is 0.651. The zero-order valence-corrected chi connectivity index (χ0v) is 17.0. The van der Waals surface area contributed by atoms with Crippen LogP contribution in [0, 0.1) is 11.7 Å². The minimum Gasteiger partial charge on any atom is -0.339 e. The number of aromatic nitrogens is 3. The molecule has 0 atom stereocenters. The van der Waals surface area contributed by atoms with Gasteiger partial charge in [-0.25, -0.2) is 19.3 Å². The van der Waals surface area contributed by atoms with Crippen LogP contribution in [-0.4, -0.2) is 38.8 Å². The second-order valence-corrected chi connectivity index (χ2v) is 7.72. The zero-order valence-electron chi connectivity index (χ0n) is 16.3. The minimum absolute atomic E-state index is 0.111. The molecule has 0 saturated carbocycles. The lowest BCUT2D eigenvalue weighted by atomic mass is 9.90. The van der Waals surface area contributed by atoms with E-state index in [4.69, 9.17) is 11.6 Å². The van der Waals surface area contributed by atoms with Gasteiger partial charge in [-0.1, -0.05) is 23.7 Å². The van der Waals surface area contributed by atoms with Crippen molar-refractivity contribution < 1.29 is 9.18 Å². The molecule has 8 heteroatoms. The van der Waals surface area contributed by atoms with E-state index in [2.05, 4.69) is 20.3 Å². The van der Waals surface area contributed by atoms with E-state index in [1.807, 2.05) is 17.0 Å². The van der Waals surface area contributed by atoms with Gasteiger partial charge in [-0.15, -0.1) is 0 Å². The molecule has 3 heterocycles. The average Bonchev–Trinajstić information content (AvgIpc) is 2.77. The summed E-state index contributed by atoms with van der Waals surface area (Å²) >= 11 is 6.26. The molecule has 1 amide bonds. The summed E-state index contributed by atoms with van der Waals surface area (Å²) in [6.07, 6.45) is 7.38. The number of amides is 1. The number of piperidine rings is 1. The fourth-order valence-corrected chi connectivity index (χ4v) is 3.80. The molecule has 1 aromatic carbocycles. The third kappa shape index (κ3) is 4.91. The summed E-state index contributed by atoms with van der Waals surface area (Å²) in [7, 11) is 0. The Morgan fingerprint density at radius 2 is 1.83 bits per heavy atom. The average molecular weight is 426 g/mol. The number of pyridine rings is 1. The Hall–Kier alpha value is -3.06. The molecule has 1 aliphatic heterocycles. The van der Waals surface area contributed by atoms with Crippen LogP contribution in [0.5, 0.6) is 0 Å². The Kier molecular flexibility index (Phi) is 6.18. The predicted octanol–water partition coefficient (Wildman–Crippen LogP) is 4.50.